The van der Waals surface area contributed by atoms with Crippen LogP contribution in [0.2, 0.25) is 19.6 Å². The lowest BCUT2D eigenvalue weighted by Gasteiger charge is -2.26. The lowest BCUT2D eigenvalue weighted by atomic mass is 10.2. The summed E-state index contributed by atoms with van der Waals surface area (Å²) in [4.78, 5) is 24.4. The number of hydrogen-bond donors (Lipinski definition) is 1. The maximum atomic E-state index is 11.7. The topological polar surface area (TPSA) is 49.4 Å². The van der Waals surface area contributed by atoms with Crippen LogP contribution in [-0.4, -0.2) is 26.6 Å². The van der Waals surface area contributed by atoms with E-state index in [1.165, 1.54) is 0 Å². The Morgan fingerprint density at radius 3 is 2.35 bits per heavy atom. The van der Waals surface area contributed by atoms with Gasteiger partial charge < -0.3 is 0 Å². The molecule has 5 heteroatoms. The lowest BCUT2D eigenvalue weighted by Crippen LogP contribution is -2.49. The molecule has 1 aromatic carbocycles. The molecule has 104 valence electrons. The van der Waals surface area contributed by atoms with E-state index in [0.29, 0.717) is 13.0 Å². The number of hydrogen-bond acceptors (Lipinski definition) is 2. The van der Waals surface area contributed by atoms with Crippen molar-refractivity contribution in [3.63, 3.8) is 0 Å². The summed E-state index contributed by atoms with van der Waals surface area (Å²) < 4.78 is 0. The molecular weight excluding hydrogens is 268 g/mol. The van der Waals surface area contributed by atoms with Crippen molar-refractivity contribution in [1.29, 1.82) is 0 Å². The SMILES string of the molecule is C[Si](C)(C)C#Cc1ccc(N2CCC(=O)NC2=O)cc1. The second-order valence-corrected chi connectivity index (χ2v) is 10.6. The van der Waals surface area contributed by atoms with Gasteiger partial charge in [0.1, 0.15) is 8.07 Å². The van der Waals surface area contributed by atoms with Gasteiger partial charge >= 0.3 is 6.03 Å². The minimum absolute atomic E-state index is 0.219. The molecular formula is C15H18N2O2Si. The zero-order valence-corrected chi connectivity index (χ0v) is 13.0. The third-order valence-corrected chi connectivity index (χ3v) is 3.69. The van der Waals surface area contributed by atoms with Gasteiger partial charge in [-0.05, 0) is 24.3 Å². The number of carbonyl (C=O) groups excluding carboxylic acids is 2. The Hall–Kier alpha value is -2.06. The van der Waals surface area contributed by atoms with Crippen molar-refractivity contribution in [2.45, 2.75) is 26.1 Å². The molecule has 2 rings (SSSR count). The van der Waals surface area contributed by atoms with Gasteiger partial charge in [-0.2, -0.15) is 0 Å². The van der Waals surface area contributed by atoms with Crippen LogP contribution in [0.3, 0.4) is 0 Å². The lowest BCUT2D eigenvalue weighted by molar-refractivity contribution is -0.120. The summed E-state index contributed by atoms with van der Waals surface area (Å²) >= 11 is 0. The first-order valence-electron chi connectivity index (χ1n) is 6.60. The third kappa shape index (κ3) is 3.72. The van der Waals surface area contributed by atoms with Gasteiger partial charge in [0.25, 0.3) is 0 Å². The fourth-order valence-electron chi connectivity index (χ4n) is 1.79. The highest BCUT2D eigenvalue weighted by atomic mass is 28.3. The number of benzene rings is 1. The molecule has 0 unspecified atom stereocenters. The highest BCUT2D eigenvalue weighted by Gasteiger charge is 2.23. The van der Waals surface area contributed by atoms with Crippen molar-refractivity contribution in [2.75, 3.05) is 11.4 Å². The molecule has 0 spiro atoms. The van der Waals surface area contributed by atoms with Crippen LogP contribution in [0.5, 0.6) is 0 Å². The van der Waals surface area contributed by atoms with Gasteiger partial charge in [0.15, 0.2) is 0 Å². The van der Waals surface area contributed by atoms with E-state index in [1.54, 1.807) is 4.90 Å². The van der Waals surface area contributed by atoms with E-state index in [2.05, 4.69) is 36.4 Å². The number of nitrogens with zero attached hydrogens (tertiary/aromatic N) is 1. The second kappa shape index (κ2) is 5.51. The first-order chi connectivity index (χ1) is 9.35. The molecule has 0 radical (unpaired) electrons. The van der Waals surface area contributed by atoms with Crippen molar-refractivity contribution in [3.05, 3.63) is 29.8 Å². The normalized spacial score (nSPS) is 15.4. The average molecular weight is 286 g/mol. The average Bonchev–Trinajstić information content (AvgIpc) is 2.36. The highest BCUT2D eigenvalue weighted by molar-refractivity contribution is 6.83. The molecule has 1 aromatic rings. The van der Waals surface area contributed by atoms with Gasteiger partial charge in [0.05, 0.1) is 0 Å². The summed E-state index contributed by atoms with van der Waals surface area (Å²) in [6.45, 7) is 7.01. The predicted octanol–water partition coefficient (Wildman–Crippen LogP) is 2.36. The summed E-state index contributed by atoms with van der Waals surface area (Å²) in [5.74, 6) is 2.95. The van der Waals surface area contributed by atoms with E-state index >= 15 is 0 Å². The summed E-state index contributed by atoms with van der Waals surface area (Å²) in [5.41, 5.74) is 5.04. The van der Waals surface area contributed by atoms with Gasteiger partial charge in [-0.15, -0.1) is 5.54 Å². The number of nitrogens with one attached hydrogen (secondary N) is 1. The molecule has 1 aliphatic heterocycles. The van der Waals surface area contributed by atoms with E-state index in [4.69, 9.17) is 0 Å². The van der Waals surface area contributed by atoms with Crippen molar-refractivity contribution < 1.29 is 9.59 Å². The zero-order chi connectivity index (χ0) is 14.8. The molecule has 1 saturated heterocycles. The molecule has 0 saturated carbocycles. The smallest absolute Gasteiger partial charge is 0.294 e. The van der Waals surface area contributed by atoms with Crippen LogP contribution in [0.15, 0.2) is 24.3 Å². The molecule has 1 aliphatic rings. The fraction of sp³-hybridized carbons (Fsp3) is 0.333. The Kier molecular flexibility index (Phi) is 3.95. The van der Waals surface area contributed by atoms with Gasteiger partial charge in [-0.25, -0.2) is 4.79 Å². The van der Waals surface area contributed by atoms with Gasteiger partial charge in [-0.3, -0.25) is 15.0 Å². The van der Waals surface area contributed by atoms with Crippen LogP contribution in [-0.2, 0) is 4.79 Å². The molecule has 0 aliphatic carbocycles. The number of carbonyl (C=O) groups is 2. The van der Waals surface area contributed by atoms with E-state index in [0.717, 1.165) is 11.3 Å². The molecule has 1 N–H and O–H groups in total. The van der Waals surface area contributed by atoms with Crippen LogP contribution < -0.4 is 10.2 Å². The van der Waals surface area contributed by atoms with Crippen molar-refractivity contribution in [2.24, 2.45) is 0 Å². The minimum Gasteiger partial charge on any atom is -0.294 e. The Morgan fingerprint density at radius 1 is 1.15 bits per heavy atom. The standard InChI is InChI=1S/C15H18N2O2Si/c1-20(2,3)11-9-12-4-6-13(7-5-12)17-10-8-14(18)16-15(17)19/h4-7H,8,10H2,1-3H3,(H,16,18,19). The Bertz CT molecular complexity index is 591. The second-order valence-electron chi connectivity index (χ2n) is 5.80. The van der Waals surface area contributed by atoms with Crippen LogP contribution in [0.4, 0.5) is 10.5 Å². The van der Waals surface area contributed by atoms with E-state index in [1.807, 2.05) is 24.3 Å². The molecule has 0 aromatic heterocycles. The van der Waals surface area contributed by atoms with E-state index < -0.39 is 8.07 Å². The maximum Gasteiger partial charge on any atom is 0.328 e. The summed E-state index contributed by atoms with van der Waals surface area (Å²) in [6.07, 6.45) is 0.336. The number of amides is 3. The number of urea groups is 1. The van der Waals surface area contributed by atoms with Crippen LogP contribution in [0, 0.1) is 11.5 Å². The van der Waals surface area contributed by atoms with Gasteiger partial charge in [0, 0.05) is 24.2 Å². The molecule has 0 atom stereocenters. The van der Waals surface area contributed by atoms with Crippen molar-refractivity contribution in [3.8, 4) is 11.5 Å². The van der Waals surface area contributed by atoms with Crippen molar-refractivity contribution in [1.82, 2.24) is 5.32 Å². The predicted molar refractivity (Wildman–Crippen MR) is 82.2 cm³/mol. The molecule has 1 fully saturated rings. The van der Waals surface area contributed by atoms with Crippen LogP contribution in [0.1, 0.15) is 12.0 Å². The first-order valence-corrected chi connectivity index (χ1v) is 10.1. The number of anilines is 1. The van der Waals surface area contributed by atoms with Crippen LogP contribution in [0.25, 0.3) is 0 Å². The molecule has 3 amide bonds. The van der Waals surface area contributed by atoms with E-state index in [-0.39, 0.29) is 11.9 Å². The Morgan fingerprint density at radius 2 is 1.80 bits per heavy atom. The van der Waals surface area contributed by atoms with Crippen LogP contribution >= 0.6 is 0 Å². The number of imide groups is 1. The largest absolute Gasteiger partial charge is 0.328 e. The fourth-order valence-corrected chi connectivity index (χ4v) is 2.31. The van der Waals surface area contributed by atoms with E-state index in [9.17, 15) is 9.59 Å². The summed E-state index contributed by atoms with van der Waals surface area (Å²) in [6, 6.07) is 7.19. The van der Waals surface area contributed by atoms with Gasteiger partial charge in [0.2, 0.25) is 5.91 Å². The van der Waals surface area contributed by atoms with Gasteiger partial charge in [-0.1, -0.05) is 25.6 Å². The third-order valence-electron chi connectivity index (χ3n) is 2.81. The monoisotopic (exact) mass is 286 g/mol. The zero-order valence-electron chi connectivity index (χ0n) is 12.0. The Balaban J connectivity index is 2.14. The van der Waals surface area contributed by atoms with Crippen molar-refractivity contribution >= 4 is 25.7 Å². The minimum atomic E-state index is -1.38. The summed E-state index contributed by atoms with van der Waals surface area (Å²) in [5, 5.41) is 2.31. The number of rotatable bonds is 1. The summed E-state index contributed by atoms with van der Waals surface area (Å²) in [7, 11) is -1.38. The molecule has 0 bridgehead atoms. The maximum absolute atomic E-state index is 11.7. The Labute approximate surface area is 120 Å². The quantitative estimate of drug-likeness (QED) is 0.636. The molecule has 20 heavy (non-hydrogen) atoms. The highest BCUT2D eigenvalue weighted by Crippen LogP contribution is 2.17. The molecule has 4 nitrogen and oxygen atoms in total. The first kappa shape index (κ1) is 14.3. The molecule has 1 heterocycles.